The Morgan fingerprint density at radius 2 is 2.26 bits per heavy atom. The molecule has 4 heteroatoms. The molecular weight excluding hydrogens is 256 g/mol. The van der Waals surface area contributed by atoms with Crippen LogP contribution >= 0.6 is 11.3 Å². The van der Waals surface area contributed by atoms with Gasteiger partial charge in [0.1, 0.15) is 0 Å². The van der Waals surface area contributed by atoms with E-state index in [1.807, 2.05) is 17.0 Å². The fourth-order valence-corrected chi connectivity index (χ4v) is 3.11. The first-order valence-electron chi connectivity index (χ1n) is 6.70. The molecule has 2 N–H and O–H groups in total. The topological polar surface area (TPSA) is 46.3 Å². The second-order valence-electron chi connectivity index (χ2n) is 5.16. The molecule has 19 heavy (non-hydrogen) atoms. The molecule has 2 rings (SSSR count). The Kier molecular flexibility index (Phi) is 4.62. The van der Waals surface area contributed by atoms with Crippen LogP contribution in [0.4, 0.5) is 0 Å². The van der Waals surface area contributed by atoms with Gasteiger partial charge in [-0.05, 0) is 30.4 Å². The molecule has 1 aromatic rings. The number of nitrogens with two attached hydrogens (primary N) is 1. The number of amides is 1. The van der Waals surface area contributed by atoms with E-state index in [4.69, 9.17) is 5.73 Å². The number of carbonyl (C=O) groups excluding carboxylic acids is 1. The minimum Gasteiger partial charge on any atom is -0.338 e. The van der Waals surface area contributed by atoms with Crippen LogP contribution in [0.1, 0.15) is 34.8 Å². The molecule has 2 unspecified atom stereocenters. The van der Waals surface area contributed by atoms with Crippen molar-refractivity contribution in [2.45, 2.75) is 20.3 Å². The van der Waals surface area contributed by atoms with Crippen molar-refractivity contribution in [3.05, 3.63) is 21.9 Å². The molecule has 1 aliphatic rings. The van der Waals surface area contributed by atoms with E-state index < -0.39 is 0 Å². The Bertz CT molecular complexity index is 512. The number of thiophene rings is 1. The van der Waals surface area contributed by atoms with E-state index in [2.05, 4.69) is 25.7 Å². The molecule has 0 spiro atoms. The van der Waals surface area contributed by atoms with Crippen LogP contribution in [-0.2, 0) is 0 Å². The van der Waals surface area contributed by atoms with Gasteiger partial charge in [0.15, 0.2) is 0 Å². The van der Waals surface area contributed by atoms with Gasteiger partial charge in [-0.2, -0.15) is 0 Å². The van der Waals surface area contributed by atoms with Gasteiger partial charge in [-0.25, -0.2) is 0 Å². The zero-order chi connectivity index (χ0) is 13.8. The number of likely N-dealkylation sites (tertiary alicyclic amines) is 1. The van der Waals surface area contributed by atoms with Crippen molar-refractivity contribution >= 4 is 17.2 Å². The predicted octanol–water partition coefficient (Wildman–Crippen LogP) is 2.18. The SMILES string of the molecule is CC1CCN(C(=O)c2ccc(C#CCN)s2)CC1C. The lowest BCUT2D eigenvalue weighted by molar-refractivity contribution is 0.0632. The van der Waals surface area contributed by atoms with Crippen molar-refractivity contribution < 1.29 is 4.79 Å². The lowest BCUT2D eigenvalue weighted by Gasteiger charge is -2.35. The van der Waals surface area contributed by atoms with Crippen LogP contribution < -0.4 is 5.73 Å². The molecule has 1 amide bonds. The van der Waals surface area contributed by atoms with E-state index in [9.17, 15) is 4.79 Å². The summed E-state index contributed by atoms with van der Waals surface area (Å²) in [5.74, 6) is 7.21. The van der Waals surface area contributed by atoms with Crippen LogP contribution in [0.3, 0.4) is 0 Å². The fraction of sp³-hybridized carbons (Fsp3) is 0.533. The lowest BCUT2D eigenvalue weighted by Crippen LogP contribution is -2.41. The van der Waals surface area contributed by atoms with E-state index in [1.165, 1.54) is 11.3 Å². The first-order valence-corrected chi connectivity index (χ1v) is 7.51. The summed E-state index contributed by atoms with van der Waals surface area (Å²) in [7, 11) is 0. The molecule has 1 fully saturated rings. The third kappa shape index (κ3) is 3.37. The second kappa shape index (κ2) is 6.23. The highest BCUT2D eigenvalue weighted by Gasteiger charge is 2.27. The number of nitrogens with zero attached hydrogens (tertiary/aromatic N) is 1. The molecule has 0 saturated carbocycles. The predicted molar refractivity (Wildman–Crippen MR) is 79.1 cm³/mol. The highest BCUT2D eigenvalue weighted by Crippen LogP contribution is 2.25. The third-order valence-electron chi connectivity index (χ3n) is 3.75. The number of piperidine rings is 1. The van der Waals surface area contributed by atoms with Crippen LogP contribution in [0, 0.1) is 23.7 Å². The van der Waals surface area contributed by atoms with Crippen LogP contribution in [0.15, 0.2) is 12.1 Å². The lowest BCUT2D eigenvalue weighted by atomic mass is 9.88. The highest BCUT2D eigenvalue weighted by atomic mass is 32.1. The van der Waals surface area contributed by atoms with Gasteiger partial charge in [0.25, 0.3) is 5.91 Å². The quantitative estimate of drug-likeness (QED) is 0.799. The van der Waals surface area contributed by atoms with Gasteiger partial charge < -0.3 is 10.6 Å². The Balaban J connectivity index is 2.05. The monoisotopic (exact) mass is 276 g/mol. The highest BCUT2D eigenvalue weighted by molar-refractivity contribution is 7.14. The summed E-state index contributed by atoms with van der Waals surface area (Å²) in [6.45, 7) is 6.56. The molecule has 2 atom stereocenters. The van der Waals surface area contributed by atoms with E-state index in [0.717, 1.165) is 29.3 Å². The van der Waals surface area contributed by atoms with Crippen molar-refractivity contribution in [1.82, 2.24) is 4.90 Å². The molecular formula is C15H20N2OS. The average Bonchev–Trinajstić information content (AvgIpc) is 2.87. The molecule has 1 aliphatic heterocycles. The molecule has 1 aromatic heterocycles. The van der Waals surface area contributed by atoms with Gasteiger partial charge in [-0.3, -0.25) is 4.79 Å². The summed E-state index contributed by atoms with van der Waals surface area (Å²) in [5, 5.41) is 0. The number of hydrogen-bond donors (Lipinski definition) is 1. The van der Waals surface area contributed by atoms with E-state index in [1.54, 1.807) is 0 Å². The standard InChI is InChI=1S/C15H20N2OS/c1-11-7-9-17(10-12(11)2)15(18)14-6-5-13(19-14)4-3-8-16/h5-6,11-12H,7-10,16H2,1-2H3. The van der Waals surface area contributed by atoms with Gasteiger partial charge in [-0.1, -0.05) is 25.7 Å². The smallest absolute Gasteiger partial charge is 0.263 e. The fourth-order valence-electron chi connectivity index (χ4n) is 2.26. The summed E-state index contributed by atoms with van der Waals surface area (Å²) >= 11 is 1.46. The zero-order valence-electron chi connectivity index (χ0n) is 11.5. The average molecular weight is 276 g/mol. The minimum atomic E-state index is 0.143. The minimum absolute atomic E-state index is 0.143. The Morgan fingerprint density at radius 3 is 2.95 bits per heavy atom. The van der Waals surface area contributed by atoms with Gasteiger partial charge in [0.2, 0.25) is 0 Å². The van der Waals surface area contributed by atoms with Gasteiger partial charge >= 0.3 is 0 Å². The number of carbonyl (C=O) groups is 1. The van der Waals surface area contributed by atoms with Crippen LogP contribution in [0.2, 0.25) is 0 Å². The van der Waals surface area contributed by atoms with Gasteiger partial charge in [0, 0.05) is 13.1 Å². The number of rotatable bonds is 1. The normalized spacial score (nSPS) is 22.8. The maximum absolute atomic E-state index is 12.4. The molecule has 3 nitrogen and oxygen atoms in total. The van der Waals surface area contributed by atoms with E-state index >= 15 is 0 Å². The first-order chi connectivity index (χ1) is 9.11. The Morgan fingerprint density at radius 1 is 1.47 bits per heavy atom. The van der Waals surface area contributed by atoms with E-state index in [-0.39, 0.29) is 5.91 Å². The van der Waals surface area contributed by atoms with Crippen molar-refractivity contribution in [1.29, 1.82) is 0 Å². The largest absolute Gasteiger partial charge is 0.338 e. The molecule has 0 aliphatic carbocycles. The Hall–Kier alpha value is -1.31. The molecule has 0 bridgehead atoms. The molecule has 102 valence electrons. The maximum atomic E-state index is 12.4. The van der Waals surface area contributed by atoms with Crippen molar-refractivity contribution in [3.8, 4) is 11.8 Å². The van der Waals surface area contributed by atoms with E-state index in [0.29, 0.717) is 18.4 Å². The summed E-state index contributed by atoms with van der Waals surface area (Å²) in [6, 6.07) is 3.77. The second-order valence-corrected chi connectivity index (χ2v) is 6.25. The van der Waals surface area contributed by atoms with Gasteiger partial charge in [-0.15, -0.1) is 11.3 Å². The number of hydrogen-bond acceptors (Lipinski definition) is 3. The van der Waals surface area contributed by atoms with Crippen LogP contribution in [0.5, 0.6) is 0 Å². The van der Waals surface area contributed by atoms with Crippen LogP contribution in [-0.4, -0.2) is 30.4 Å². The third-order valence-corrected chi connectivity index (χ3v) is 4.74. The van der Waals surface area contributed by atoms with Crippen molar-refractivity contribution in [3.63, 3.8) is 0 Å². The van der Waals surface area contributed by atoms with Crippen LogP contribution in [0.25, 0.3) is 0 Å². The summed E-state index contributed by atoms with van der Waals surface area (Å²) < 4.78 is 0. The molecule has 0 aromatic carbocycles. The molecule has 2 heterocycles. The van der Waals surface area contributed by atoms with Gasteiger partial charge in [0.05, 0.1) is 16.3 Å². The zero-order valence-corrected chi connectivity index (χ0v) is 12.3. The first kappa shape index (κ1) is 14.1. The molecule has 0 radical (unpaired) electrons. The van der Waals surface area contributed by atoms with Crippen molar-refractivity contribution in [2.24, 2.45) is 17.6 Å². The summed E-state index contributed by atoms with van der Waals surface area (Å²) in [5.41, 5.74) is 5.34. The summed E-state index contributed by atoms with van der Waals surface area (Å²) in [6.07, 6.45) is 1.10. The van der Waals surface area contributed by atoms with Crippen molar-refractivity contribution in [2.75, 3.05) is 19.6 Å². The summed E-state index contributed by atoms with van der Waals surface area (Å²) in [4.78, 5) is 16.1. The maximum Gasteiger partial charge on any atom is 0.263 e. The molecule has 1 saturated heterocycles. The Labute approximate surface area is 118 Å².